The Morgan fingerprint density at radius 3 is 2.96 bits per heavy atom. The third-order valence-corrected chi connectivity index (χ3v) is 6.21. The van der Waals surface area contributed by atoms with Gasteiger partial charge in [0.25, 0.3) is 0 Å². The first-order valence-corrected chi connectivity index (χ1v) is 9.16. The Balaban J connectivity index is 1.36. The van der Waals surface area contributed by atoms with Gasteiger partial charge >= 0.3 is 0 Å². The fourth-order valence-corrected chi connectivity index (χ4v) is 5.06. The summed E-state index contributed by atoms with van der Waals surface area (Å²) >= 11 is 0. The molecule has 1 N–H and O–H groups in total. The van der Waals surface area contributed by atoms with E-state index < -0.39 is 11.5 Å². The fraction of sp³-hybridized carbons (Fsp3) is 0.579. The predicted molar refractivity (Wildman–Crippen MR) is 88.2 cm³/mol. The zero-order chi connectivity index (χ0) is 17.0. The molecule has 1 saturated carbocycles. The summed E-state index contributed by atoms with van der Waals surface area (Å²) in [6.45, 7) is 0.926. The van der Waals surface area contributed by atoms with Gasteiger partial charge in [-0.05, 0) is 25.0 Å². The van der Waals surface area contributed by atoms with Crippen LogP contribution >= 0.6 is 0 Å². The molecular weight excluding hydrogens is 320 g/mol. The number of nitrogens with one attached hydrogen (secondary N) is 1. The molecule has 0 aromatic carbocycles. The maximum absolute atomic E-state index is 13.1. The first-order valence-electron chi connectivity index (χ1n) is 9.16. The van der Waals surface area contributed by atoms with E-state index in [1.165, 1.54) is 12.8 Å². The molecule has 2 bridgehead atoms. The van der Waals surface area contributed by atoms with Gasteiger partial charge in [0.1, 0.15) is 11.4 Å². The molecule has 2 amide bonds. The van der Waals surface area contributed by atoms with E-state index in [4.69, 9.17) is 9.15 Å². The molecule has 4 heterocycles. The molecule has 3 fully saturated rings. The van der Waals surface area contributed by atoms with E-state index in [0.29, 0.717) is 24.9 Å². The quantitative estimate of drug-likeness (QED) is 0.844. The van der Waals surface area contributed by atoms with E-state index in [2.05, 4.69) is 5.32 Å². The number of carbonyl (C=O) groups excluding carboxylic acids is 2. The molecule has 132 valence electrons. The molecule has 1 aliphatic carbocycles. The molecule has 25 heavy (non-hydrogen) atoms. The lowest BCUT2D eigenvalue weighted by Crippen LogP contribution is -2.44. The average molecular weight is 342 g/mol. The van der Waals surface area contributed by atoms with Crippen molar-refractivity contribution in [1.29, 1.82) is 0 Å². The first-order chi connectivity index (χ1) is 12.2. The van der Waals surface area contributed by atoms with E-state index in [-0.39, 0.29) is 23.8 Å². The van der Waals surface area contributed by atoms with Crippen LogP contribution in [0.25, 0.3) is 0 Å². The van der Waals surface area contributed by atoms with Gasteiger partial charge in [-0.1, -0.05) is 25.0 Å². The van der Waals surface area contributed by atoms with Crippen LogP contribution in [0.2, 0.25) is 0 Å². The minimum Gasteiger partial charge on any atom is -0.467 e. The summed E-state index contributed by atoms with van der Waals surface area (Å²) in [7, 11) is 0. The van der Waals surface area contributed by atoms with Crippen molar-refractivity contribution in [2.45, 2.75) is 50.0 Å². The minimum atomic E-state index is -0.600. The number of ether oxygens (including phenoxy) is 1. The van der Waals surface area contributed by atoms with E-state index in [1.807, 2.05) is 23.1 Å². The van der Waals surface area contributed by atoms with Crippen LogP contribution in [0, 0.1) is 11.8 Å². The van der Waals surface area contributed by atoms with Gasteiger partial charge in [-0.3, -0.25) is 9.59 Å². The molecule has 4 atom stereocenters. The number of hydrogen-bond acceptors (Lipinski definition) is 4. The van der Waals surface area contributed by atoms with Crippen LogP contribution in [-0.2, 0) is 20.9 Å². The molecule has 5 rings (SSSR count). The third kappa shape index (κ3) is 2.20. The molecule has 4 aliphatic rings. The smallest absolute Gasteiger partial charge is 0.230 e. The highest BCUT2D eigenvalue weighted by molar-refractivity contribution is 5.93. The number of likely N-dealkylation sites (tertiary alicyclic amines) is 1. The Morgan fingerprint density at radius 2 is 2.20 bits per heavy atom. The molecule has 1 spiro atoms. The lowest BCUT2D eigenvalue weighted by molar-refractivity contribution is -0.138. The number of fused-ring (bicyclic) bond motifs is 1. The number of nitrogens with zero attached hydrogens (tertiary/aromatic N) is 1. The second kappa shape index (κ2) is 5.46. The summed E-state index contributed by atoms with van der Waals surface area (Å²) in [5.41, 5.74) is -0.600. The Hall–Kier alpha value is -2.08. The van der Waals surface area contributed by atoms with Gasteiger partial charge in [0, 0.05) is 6.04 Å². The van der Waals surface area contributed by atoms with Crippen molar-refractivity contribution >= 4 is 11.8 Å². The van der Waals surface area contributed by atoms with Gasteiger partial charge in [-0.15, -0.1) is 0 Å². The summed E-state index contributed by atoms with van der Waals surface area (Å²) in [6.07, 6.45) is 9.76. The lowest BCUT2D eigenvalue weighted by atomic mass is 9.77. The monoisotopic (exact) mass is 342 g/mol. The Kier molecular flexibility index (Phi) is 3.32. The van der Waals surface area contributed by atoms with E-state index in [0.717, 1.165) is 12.8 Å². The van der Waals surface area contributed by atoms with Crippen molar-refractivity contribution in [2.24, 2.45) is 11.8 Å². The molecule has 3 aliphatic heterocycles. The van der Waals surface area contributed by atoms with Crippen molar-refractivity contribution in [3.05, 3.63) is 36.3 Å². The van der Waals surface area contributed by atoms with Crippen LogP contribution in [0.3, 0.4) is 0 Å². The van der Waals surface area contributed by atoms with E-state index in [9.17, 15) is 9.59 Å². The molecule has 6 nitrogen and oxygen atoms in total. The summed E-state index contributed by atoms with van der Waals surface area (Å²) in [6, 6.07) is 3.93. The standard InChI is InChI=1S/C19H22N2O4/c22-17(20-10-13-6-3-9-24-13)15-14-7-8-19(25-14)11-21(18(23)16(15)19)12-4-1-2-5-12/h3,6-9,12,14-16H,1-2,4-5,10-11H2,(H,20,22)/t14-,15-,16+,19+/m1/s1. The van der Waals surface area contributed by atoms with Gasteiger partial charge < -0.3 is 19.4 Å². The Bertz CT molecular complexity index is 722. The van der Waals surface area contributed by atoms with Crippen molar-refractivity contribution in [2.75, 3.05) is 6.54 Å². The van der Waals surface area contributed by atoms with E-state index in [1.54, 1.807) is 12.3 Å². The Morgan fingerprint density at radius 1 is 1.36 bits per heavy atom. The summed E-state index contributed by atoms with van der Waals surface area (Å²) < 4.78 is 11.4. The van der Waals surface area contributed by atoms with Gasteiger partial charge in [-0.2, -0.15) is 0 Å². The lowest BCUT2D eigenvalue weighted by Gasteiger charge is -2.26. The van der Waals surface area contributed by atoms with Crippen LogP contribution in [0.4, 0.5) is 0 Å². The molecular formula is C19H22N2O4. The van der Waals surface area contributed by atoms with Crippen LogP contribution in [0.15, 0.2) is 35.0 Å². The maximum Gasteiger partial charge on any atom is 0.230 e. The van der Waals surface area contributed by atoms with Crippen LogP contribution in [-0.4, -0.2) is 41.0 Å². The molecule has 6 heteroatoms. The highest BCUT2D eigenvalue weighted by atomic mass is 16.5. The van der Waals surface area contributed by atoms with Gasteiger partial charge in [0.05, 0.1) is 37.3 Å². The third-order valence-electron chi connectivity index (χ3n) is 6.21. The number of furan rings is 1. The van der Waals surface area contributed by atoms with Crippen molar-refractivity contribution < 1.29 is 18.7 Å². The number of carbonyl (C=O) groups is 2. The van der Waals surface area contributed by atoms with Crippen LogP contribution in [0.5, 0.6) is 0 Å². The van der Waals surface area contributed by atoms with Crippen molar-refractivity contribution in [1.82, 2.24) is 10.2 Å². The number of amides is 2. The normalized spacial score (nSPS) is 36.4. The van der Waals surface area contributed by atoms with Crippen molar-refractivity contribution in [3.8, 4) is 0 Å². The van der Waals surface area contributed by atoms with E-state index >= 15 is 0 Å². The minimum absolute atomic E-state index is 0.0944. The zero-order valence-corrected chi connectivity index (χ0v) is 14.0. The molecule has 1 aromatic rings. The maximum atomic E-state index is 13.1. The molecule has 1 aromatic heterocycles. The van der Waals surface area contributed by atoms with Gasteiger partial charge in [-0.25, -0.2) is 0 Å². The largest absolute Gasteiger partial charge is 0.467 e. The average Bonchev–Trinajstić information content (AvgIpc) is 3.39. The highest BCUT2D eigenvalue weighted by Gasteiger charge is 2.67. The molecule has 0 radical (unpaired) electrons. The second-order valence-corrected chi connectivity index (χ2v) is 7.60. The van der Waals surface area contributed by atoms with Gasteiger partial charge in [0.2, 0.25) is 11.8 Å². The van der Waals surface area contributed by atoms with Crippen LogP contribution < -0.4 is 5.32 Å². The Labute approximate surface area is 146 Å². The summed E-state index contributed by atoms with van der Waals surface area (Å²) in [5, 5.41) is 2.91. The van der Waals surface area contributed by atoms with Gasteiger partial charge in [0.15, 0.2) is 0 Å². The van der Waals surface area contributed by atoms with Crippen molar-refractivity contribution in [3.63, 3.8) is 0 Å². The zero-order valence-electron chi connectivity index (χ0n) is 14.0. The summed E-state index contributed by atoms with van der Waals surface area (Å²) in [4.78, 5) is 27.9. The molecule has 0 unspecified atom stereocenters. The van der Waals surface area contributed by atoms with Crippen LogP contribution in [0.1, 0.15) is 31.4 Å². The fourth-order valence-electron chi connectivity index (χ4n) is 5.06. The highest BCUT2D eigenvalue weighted by Crippen LogP contribution is 2.52. The first kappa shape index (κ1) is 15.2. The number of hydrogen-bond donors (Lipinski definition) is 1. The SMILES string of the molecule is O=C(NCc1ccco1)[C@H]1[C@H]2C(=O)N(C3CCCC3)C[C@@]23C=C[C@H]1O3. The predicted octanol–water partition coefficient (Wildman–Crippen LogP) is 1.62. The summed E-state index contributed by atoms with van der Waals surface area (Å²) in [5.74, 6) is -0.164. The second-order valence-electron chi connectivity index (χ2n) is 7.60. The topological polar surface area (TPSA) is 71.8 Å². The number of rotatable bonds is 4. The molecule has 2 saturated heterocycles.